The van der Waals surface area contributed by atoms with E-state index in [2.05, 4.69) is 49.8 Å². The van der Waals surface area contributed by atoms with E-state index in [1.165, 1.54) is 12.7 Å². The van der Waals surface area contributed by atoms with Crippen LogP contribution in [0.3, 0.4) is 0 Å². The molecule has 4 unspecified atom stereocenters. The number of fused-ring (bicyclic) bond motifs is 2. The Labute approximate surface area is 156 Å². The Kier molecular flexibility index (Phi) is 5.65. The highest BCUT2D eigenvalue weighted by Gasteiger charge is 2.50. The molecule has 3 rings (SSSR count). The SMILES string of the molecule is COC(=O)C1C(c2ccc(Cl)cc2)CC2CCC1N2C/C=C\I. The van der Waals surface area contributed by atoms with Crippen molar-refractivity contribution in [2.45, 2.75) is 37.3 Å². The summed E-state index contributed by atoms with van der Waals surface area (Å²) in [5, 5.41) is 0.732. The van der Waals surface area contributed by atoms with Crippen LogP contribution in [0.25, 0.3) is 0 Å². The van der Waals surface area contributed by atoms with Gasteiger partial charge < -0.3 is 4.74 Å². The number of carbonyl (C=O) groups is 1. The normalized spacial score (nSPS) is 30.7. The molecule has 0 saturated carbocycles. The molecule has 0 spiro atoms. The second kappa shape index (κ2) is 7.53. The van der Waals surface area contributed by atoms with E-state index in [-0.39, 0.29) is 23.8 Å². The highest BCUT2D eigenvalue weighted by Crippen LogP contribution is 2.47. The zero-order valence-electron chi connectivity index (χ0n) is 13.1. The van der Waals surface area contributed by atoms with Gasteiger partial charge in [-0.25, -0.2) is 0 Å². The fourth-order valence-electron chi connectivity index (χ4n) is 4.27. The molecule has 3 nitrogen and oxygen atoms in total. The van der Waals surface area contributed by atoms with Gasteiger partial charge in [-0.2, -0.15) is 0 Å². The topological polar surface area (TPSA) is 29.5 Å². The smallest absolute Gasteiger partial charge is 0.310 e. The molecular formula is C18H21ClINO2. The zero-order chi connectivity index (χ0) is 16.4. The van der Waals surface area contributed by atoms with Crippen molar-refractivity contribution in [2.75, 3.05) is 13.7 Å². The molecule has 2 fully saturated rings. The number of rotatable bonds is 4. The summed E-state index contributed by atoms with van der Waals surface area (Å²) < 4.78 is 7.21. The van der Waals surface area contributed by atoms with Gasteiger partial charge in [0.15, 0.2) is 0 Å². The van der Waals surface area contributed by atoms with Gasteiger partial charge in [-0.1, -0.05) is 52.4 Å². The molecule has 1 aromatic carbocycles. The number of hydrogen-bond acceptors (Lipinski definition) is 3. The first-order chi connectivity index (χ1) is 11.2. The van der Waals surface area contributed by atoms with Gasteiger partial charge in [-0.3, -0.25) is 9.69 Å². The van der Waals surface area contributed by atoms with E-state index in [9.17, 15) is 4.79 Å². The minimum atomic E-state index is -0.0949. The Morgan fingerprint density at radius 3 is 2.78 bits per heavy atom. The Hall–Kier alpha value is -0.590. The van der Waals surface area contributed by atoms with E-state index < -0.39 is 0 Å². The monoisotopic (exact) mass is 445 g/mol. The predicted octanol–water partition coefficient (Wildman–Crippen LogP) is 4.40. The average Bonchev–Trinajstić information content (AvgIpc) is 2.84. The fraction of sp³-hybridized carbons (Fsp3) is 0.500. The summed E-state index contributed by atoms with van der Waals surface area (Å²) >= 11 is 8.27. The zero-order valence-corrected chi connectivity index (χ0v) is 16.0. The maximum absolute atomic E-state index is 12.5. The third-order valence-corrected chi connectivity index (χ3v) is 6.00. The third kappa shape index (κ3) is 3.44. The summed E-state index contributed by atoms with van der Waals surface area (Å²) in [6.07, 6.45) is 5.41. The number of nitrogens with zero attached hydrogens (tertiary/aromatic N) is 1. The molecule has 5 heteroatoms. The Balaban J connectivity index is 1.91. The Morgan fingerprint density at radius 1 is 1.39 bits per heavy atom. The maximum atomic E-state index is 12.5. The van der Waals surface area contributed by atoms with Crippen LogP contribution >= 0.6 is 34.2 Å². The quantitative estimate of drug-likeness (QED) is 0.508. The largest absolute Gasteiger partial charge is 0.469 e. The molecule has 0 aromatic heterocycles. The number of ether oxygens (including phenoxy) is 1. The Bertz CT molecular complexity index is 589. The number of carbonyl (C=O) groups excluding carboxylic acids is 1. The summed E-state index contributed by atoms with van der Waals surface area (Å²) in [5.41, 5.74) is 1.20. The molecule has 4 atom stereocenters. The third-order valence-electron chi connectivity index (χ3n) is 5.24. The van der Waals surface area contributed by atoms with Crippen molar-refractivity contribution in [3.8, 4) is 0 Å². The van der Waals surface area contributed by atoms with Crippen LogP contribution in [0.15, 0.2) is 34.4 Å². The molecule has 124 valence electrons. The summed E-state index contributed by atoms with van der Waals surface area (Å²) in [4.78, 5) is 15.0. The van der Waals surface area contributed by atoms with Crippen LogP contribution in [0.1, 0.15) is 30.7 Å². The molecule has 2 heterocycles. The number of piperidine rings is 1. The molecule has 0 amide bonds. The average molecular weight is 446 g/mol. The van der Waals surface area contributed by atoms with Crippen LogP contribution < -0.4 is 0 Å². The second-order valence-corrected chi connectivity index (χ2v) is 7.46. The highest BCUT2D eigenvalue weighted by molar-refractivity contribution is 14.1. The van der Waals surface area contributed by atoms with Crippen molar-refractivity contribution in [2.24, 2.45) is 5.92 Å². The van der Waals surface area contributed by atoms with E-state index in [4.69, 9.17) is 16.3 Å². The van der Waals surface area contributed by atoms with Crippen molar-refractivity contribution in [3.05, 3.63) is 45.0 Å². The lowest BCUT2D eigenvalue weighted by Crippen LogP contribution is -2.50. The highest BCUT2D eigenvalue weighted by atomic mass is 127. The lowest BCUT2D eigenvalue weighted by Gasteiger charge is -2.43. The minimum absolute atomic E-state index is 0.0845. The van der Waals surface area contributed by atoms with Gasteiger partial charge in [0.2, 0.25) is 0 Å². The van der Waals surface area contributed by atoms with E-state index in [0.29, 0.717) is 6.04 Å². The Morgan fingerprint density at radius 2 is 2.13 bits per heavy atom. The van der Waals surface area contributed by atoms with E-state index in [1.54, 1.807) is 0 Å². The van der Waals surface area contributed by atoms with Crippen molar-refractivity contribution in [1.82, 2.24) is 4.90 Å². The van der Waals surface area contributed by atoms with E-state index >= 15 is 0 Å². The number of esters is 1. The van der Waals surface area contributed by atoms with Crippen molar-refractivity contribution >= 4 is 40.2 Å². The lowest BCUT2D eigenvalue weighted by molar-refractivity contribution is -0.150. The van der Waals surface area contributed by atoms with Crippen LogP contribution in [0.2, 0.25) is 5.02 Å². The molecule has 23 heavy (non-hydrogen) atoms. The lowest BCUT2D eigenvalue weighted by atomic mass is 9.76. The standard InChI is InChI=1S/C18H21ClINO2/c1-23-18(22)17-15(12-3-5-13(19)6-4-12)11-14-7-8-16(17)21(14)10-2-9-20/h2-6,9,14-17H,7-8,10-11H2,1H3/b9-2-. The van der Waals surface area contributed by atoms with Crippen LogP contribution in [-0.4, -0.2) is 36.6 Å². The summed E-state index contributed by atoms with van der Waals surface area (Å²) in [5.74, 6) is 0.0401. The first kappa shape index (κ1) is 17.2. The molecule has 2 saturated heterocycles. The fourth-order valence-corrected chi connectivity index (χ4v) is 4.62. The van der Waals surface area contributed by atoms with Crippen LogP contribution in [0, 0.1) is 5.92 Å². The van der Waals surface area contributed by atoms with Gasteiger partial charge in [0.1, 0.15) is 0 Å². The van der Waals surface area contributed by atoms with E-state index in [1.807, 2.05) is 12.1 Å². The van der Waals surface area contributed by atoms with Gasteiger partial charge in [-0.15, -0.1) is 0 Å². The van der Waals surface area contributed by atoms with Gasteiger partial charge in [0.05, 0.1) is 13.0 Å². The number of hydrogen-bond donors (Lipinski definition) is 0. The first-order valence-electron chi connectivity index (χ1n) is 8.00. The number of methoxy groups -OCH3 is 1. The minimum Gasteiger partial charge on any atom is -0.469 e. The van der Waals surface area contributed by atoms with Crippen molar-refractivity contribution in [1.29, 1.82) is 0 Å². The van der Waals surface area contributed by atoms with Gasteiger partial charge in [-0.05, 0) is 41.0 Å². The molecule has 2 aliphatic heterocycles. The van der Waals surface area contributed by atoms with Crippen LogP contribution in [0.4, 0.5) is 0 Å². The molecule has 0 aliphatic carbocycles. The second-order valence-electron chi connectivity index (χ2n) is 6.30. The summed E-state index contributed by atoms with van der Waals surface area (Å²) in [6, 6.07) is 8.77. The molecule has 0 N–H and O–H groups in total. The number of benzene rings is 1. The predicted molar refractivity (Wildman–Crippen MR) is 101 cm³/mol. The summed E-state index contributed by atoms with van der Waals surface area (Å²) in [7, 11) is 1.50. The number of halogens is 2. The van der Waals surface area contributed by atoms with E-state index in [0.717, 1.165) is 30.8 Å². The van der Waals surface area contributed by atoms with Gasteiger partial charge >= 0.3 is 5.97 Å². The molecule has 2 bridgehead atoms. The van der Waals surface area contributed by atoms with Crippen molar-refractivity contribution < 1.29 is 9.53 Å². The van der Waals surface area contributed by atoms with Crippen molar-refractivity contribution in [3.63, 3.8) is 0 Å². The molecule has 0 radical (unpaired) electrons. The molecule has 1 aromatic rings. The van der Waals surface area contributed by atoms with Gasteiger partial charge in [0.25, 0.3) is 0 Å². The van der Waals surface area contributed by atoms with Gasteiger partial charge in [0, 0.05) is 29.6 Å². The molecular weight excluding hydrogens is 425 g/mol. The first-order valence-corrected chi connectivity index (χ1v) is 9.62. The molecule has 2 aliphatic rings. The van der Waals surface area contributed by atoms with Crippen LogP contribution in [-0.2, 0) is 9.53 Å². The summed E-state index contributed by atoms with van der Waals surface area (Å²) in [6.45, 7) is 0.916. The maximum Gasteiger partial charge on any atom is 0.310 e. The van der Waals surface area contributed by atoms with Crippen LogP contribution in [0.5, 0.6) is 0 Å².